The second kappa shape index (κ2) is 12.2. The number of fused-ring (bicyclic) bond motifs is 3. The lowest BCUT2D eigenvalue weighted by atomic mass is 9.77. The van der Waals surface area contributed by atoms with Gasteiger partial charge in [-0.15, -0.1) is 0 Å². The highest BCUT2D eigenvalue weighted by molar-refractivity contribution is 6.15. The molecule has 1 aliphatic carbocycles. The number of ether oxygens (including phenoxy) is 2. The fourth-order valence-electron chi connectivity index (χ4n) is 6.45. The molecule has 1 fully saturated rings. The molecule has 0 spiro atoms. The van der Waals surface area contributed by atoms with Gasteiger partial charge in [0, 0.05) is 42.3 Å². The molecule has 1 N–H and O–H groups in total. The third-order valence-electron chi connectivity index (χ3n) is 8.34. The van der Waals surface area contributed by atoms with E-state index < -0.39 is 0 Å². The number of hydrogen-bond acceptors (Lipinski definition) is 4. The van der Waals surface area contributed by atoms with Crippen LogP contribution in [0.1, 0.15) is 75.1 Å². The predicted molar refractivity (Wildman–Crippen MR) is 153 cm³/mol. The lowest BCUT2D eigenvalue weighted by molar-refractivity contribution is 0.150. The van der Waals surface area contributed by atoms with E-state index in [0.717, 1.165) is 49.5 Å². The zero-order valence-electron chi connectivity index (χ0n) is 22.9. The molecular formula is C32H43N3O2. The van der Waals surface area contributed by atoms with Crippen LogP contribution in [0.3, 0.4) is 0 Å². The Morgan fingerprint density at radius 1 is 0.973 bits per heavy atom. The van der Waals surface area contributed by atoms with Crippen molar-refractivity contribution in [3.05, 3.63) is 59.3 Å². The van der Waals surface area contributed by atoms with E-state index in [4.69, 9.17) is 14.5 Å². The van der Waals surface area contributed by atoms with Crippen molar-refractivity contribution in [1.29, 1.82) is 0 Å². The Bertz CT molecular complexity index is 1190. The Hall–Kier alpha value is -2.79. The summed E-state index contributed by atoms with van der Waals surface area (Å²) in [5, 5.41) is 1.21. The molecule has 1 atom stereocenters. The molecule has 37 heavy (non-hydrogen) atoms. The number of aromatic amines is 1. The maximum absolute atomic E-state index is 5.72. The summed E-state index contributed by atoms with van der Waals surface area (Å²) in [5.41, 5.74) is 6.41. The second-order valence-electron chi connectivity index (χ2n) is 10.8. The molecule has 5 heteroatoms. The molecule has 198 valence electrons. The minimum atomic E-state index is 0.366. The molecule has 0 radical (unpaired) electrons. The van der Waals surface area contributed by atoms with Crippen LogP contribution < -0.4 is 9.47 Å². The van der Waals surface area contributed by atoms with Crippen LogP contribution >= 0.6 is 0 Å². The number of methoxy groups -OCH3 is 2. The first-order valence-electron chi connectivity index (χ1n) is 14.3. The van der Waals surface area contributed by atoms with Crippen LogP contribution in [0, 0.1) is 5.92 Å². The first-order chi connectivity index (χ1) is 18.2. The van der Waals surface area contributed by atoms with Crippen LogP contribution in [0.5, 0.6) is 11.5 Å². The van der Waals surface area contributed by atoms with Gasteiger partial charge >= 0.3 is 0 Å². The van der Waals surface area contributed by atoms with E-state index in [1.165, 1.54) is 72.9 Å². The minimum absolute atomic E-state index is 0.366. The molecule has 3 aromatic rings. The average molecular weight is 502 g/mol. The first-order valence-corrected chi connectivity index (χ1v) is 14.3. The van der Waals surface area contributed by atoms with E-state index in [-0.39, 0.29) is 0 Å². The highest BCUT2D eigenvalue weighted by Crippen LogP contribution is 2.41. The van der Waals surface area contributed by atoms with E-state index in [2.05, 4.69) is 59.3 Å². The van der Waals surface area contributed by atoms with Crippen molar-refractivity contribution in [2.45, 2.75) is 77.3 Å². The molecule has 2 heterocycles. The van der Waals surface area contributed by atoms with Crippen molar-refractivity contribution in [2.75, 3.05) is 27.3 Å². The second-order valence-corrected chi connectivity index (χ2v) is 10.8. The lowest BCUT2D eigenvalue weighted by Crippen LogP contribution is -2.51. The number of aromatic nitrogens is 1. The smallest absolute Gasteiger partial charge is 0.162 e. The predicted octanol–water partition coefficient (Wildman–Crippen LogP) is 7.17. The summed E-state index contributed by atoms with van der Waals surface area (Å²) in [5.74, 6) is 2.20. The number of rotatable bonds is 10. The Kier molecular flexibility index (Phi) is 8.50. The summed E-state index contributed by atoms with van der Waals surface area (Å²) in [6, 6.07) is 15.5. The lowest BCUT2D eigenvalue weighted by Gasteiger charge is -2.42. The maximum Gasteiger partial charge on any atom is 0.162 e. The molecule has 0 bridgehead atoms. The zero-order valence-corrected chi connectivity index (χ0v) is 22.9. The molecule has 1 saturated carbocycles. The summed E-state index contributed by atoms with van der Waals surface area (Å²) >= 11 is 0. The number of benzene rings is 2. The topological polar surface area (TPSA) is 49.9 Å². The number of aliphatic imine (C=N–C) groups is 1. The van der Waals surface area contributed by atoms with E-state index in [1.807, 2.05) is 0 Å². The van der Waals surface area contributed by atoms with E-state index in [9.17, 15) is 0 Å². The molecule has 0 amide bonds. The average Bonchev–Trinajstić information content (AvgIpc) is 3.31. The summed E-state index contributed by atoms with van der Waals surface area (Å²) in [7, 11) is 3.43. The quantitative estimate of drug-likeness (QED) is 0.300. The Balaban J connectivity index is 1.59. The number of hydrogen-bond donors (Lipinski definition) is 1. The molecule has 5 nitrogen and oxygen atoms in total. The summed E-state index contributed by atoms with van der Waals surface area (Å²) in [6.45, 7) is 5.14. The molecule has 1 aromatic heterocycles. The molecule has 0 saturated heterocycles. The van der Waals surface area contributed by atoms with Gasteiger partial charge in [-0.25, -0.2) is 0 Å². The third kappa shape index (κ3) is 5.57. The Morgan fingerprint density at radius 2 is 1.73 bits per heavy atom. The molecule has 1 aliphatic heterocycles. The monoisotopic (exact) mass is 501 g/mol. The first kappa shape index (κ1) is 25.8. The Morgan fingerprint density at radius 3 is 2.46 bits per heavy atom. The SMILES string of the molecule is CCCCCN=C1c2c([nH]c3cc(OC)c(OC)cc23)CN(CCc2ccccc2)C1C1CCCCC1. The fraction of sp³-hybridized carbons (Fsp3) is 0.531. The van der Waals surface area contributed by atoms with E-state index in [0.29, 0.717) is 12.0 Å². The van der Waals surface area contributed by atoms with Crippen molar-refractivity contribution in [1.82, 2.24) is 9.88 Å². The number of unbranched alkanes of at least 4 members (excludes halogenated alkanes) is 2. The molecule has 2 aromatic carbocycles. The van der Waals surface area contributed by atoms with Gasteiger partial charge in [0.15, 0.2) is 11.5 Å². The van der Waals surface area contributed by atoms with Crippen LogP contribution in [0.2, 0.25) is 0 Å². The fourth-order valence-corrected chi connectivity index (χ4v) is 6.45. The van der Waals surface area contributed by atoms with Crippen LogP contribution in [-0.4, -0.2) is 48.9 Å². The zero-order chi connectivity index (χ0) is 25.6. The molecule has 5 rings (SSSR count). The van der Waals surface area contributed by atoms with Crippen molar-refractivity contribution in [3.8, 4) is 11.5 Å². The maximum atomic E-state index is 5.72. The van der Waals surface area contributed by atoms with Gasteiger partial charge in [0.1, 0.15) is 0 Å². The molecule has 1 unspecified atom stereocenters. The number of nitrogens with one attached hydrogen (secondary N) is 1. The standard InChI is InChI=1S/C32H43N3O2/c1-4-5-12-18-33-31-30-25-20-28(36-2)29(37-3)21-26(25)34-27(30)22-35(19-17-23-13-8-6-9-14-23)32(31)24-15-10-7-11-16-24/h6,8-9,13-14,20-21,24,32,34H,4-5,7,10-12,15-19,22H2,1-3H3. The normalized spacial score (nSPS) is 19.9. The number of H-pyrrole nitrogens is 1. The summed E-state index contributed by atoms with van der Waals surface area (Å²) in [4.78, 5) is 11.9. The van der Waals surface area contributed by atoms with Gasteiger partial charge in [0.25, 0.3) is 0 Å². The van der Waals surface area contributed by atoms with Gasteiger partial charge in [0.2, 0.25) is 0 Å². The van der Waals surface area contributed by atoms with E-state index in [1.54, 1.807) is 14.2 Å². The van der Waals surface area contributed by atoms with Gasteiger partial charge < -0.3 is 14.5 Å². The minimum Gasteiger partial charge on any atom is -0.493 e. The van der Waals surface area contributed by atoms with Crippen molar-refractivity contribution >= 4 is 16.6 Å². The van der Waals surface area contributed by atoms with Crippen LogP contribution in [0.15, 0.2) is 47.5 Å². The van der Waals surface area contributed by atoms with Gasteiger partial charge in [0.05, 0.1) is 31.5 Å². The highest BCUT2D eigenvalue weighted by Gasteiger charge is 2.39. The van der Waals surface area contributed by atoms with Crippen LogP contribution in [0.4, 0.5) is 0 Å². The van der Waals surface area contributed by atoms with Crippen LogP contribution in [0.25, 0.3) is 10.9 Å². The summed E-state index contributed by atoms with van der Waals surface area (Å²) in [6.07, 6.45) is 11.3. The Labute approximate surface area is 222 Å². The summed E-state index contributed by atoms with van der Waals surface area (Å²) < 4.78 is 11.4. The largest absolute Gasteiger partial charge is 0.493 e. The van der Waals surface area contributed by atoms with Crippen molar-refractivity contribution in [2.24, 2.45) is 10.9 Å². The van der Waals surface area contributed by atoms with Gasteiger partial charge in [-0.3, -0.25) is 9.89 Å². The van der Waals surface area contributed by atoms with Gasteiger partial charge in [-0.05, 0) is 43.2 Å². The van der Waals surface area contributed by atoms with Crippen molar-refractivity contribution in [3.63, 3.8) is 0 Å². The molecule has 2 aliphatic rings. The number of nitrogens with zero attached hydrogens (tertiary/aromatic N) is 2. The third-order valence-corrected chi connectivity index (χ3v) is 8.34. The van der Waals surface area contributed by atoms with E-state index >= 15 is 0 Å². The van der Waals surface area contributed by atoms with Gasteiger partial charge in [-0.2, -0.15) is 0 Å². The van der Waals surface area contributed by atoms with Gasteiger partial charge in [-0.1, -0.05) is 69.4 Å². The highest BCUT2D eigenvalue weighted by atomic mass is 16.5. The van der Waals surface area contributed by atoms with Crippen LogP contribution in [-0.2, 0) is 13.0 Å². The molecular weight excluding hydrogens is 458 g/mol. The van der Waals surface area contributed by atoms with Crippen molar-refractivity contribution < 1.29 is 9.47 Å².